The number of benzene rings is 1. The Morgan fingerprint density at radius 3 is 2.39 bits per heavy atom. The molecule has 2 aromatic rings. The van der Waals surface area contributed by atoms with E-state index in [0.717, 1.165) is 12.0 Å². The zero-order valence-electron chi connectivity index (χ0n) is 10.1. The number of hydrogen-bond donors (Lipinski definition) is 2. The van der Waals surface area contributed by atoms with E-state index in [9.17, 15) is 4.79 Å². The summed E-state index contributed by atoms with van der Waals surface area (Å²) in [5, 5.41) is 11.8. The second kappa shape index (κ2) is 5.40. The Morgan fingerprint density at radius 1 is 1.17 bits per heavy atom. The molecule has 18 heavy (non-hydrogen) atoms. The van der Waals surface area contributed by atoms with Crippen molar-refractivity contribution in [2.45, 2.75) is 19.9 Å². The van der Waals surface area contributed by atoms with Gasteiger partial charge in [0.2, 0.25) is 5.76 Å². The lowest BCUT2D eigenvalue weighted by Crippen LogP contribution is -1.98. The number of furan rings is 1. The van der Waals surface area contributed by atoms with Gasteiger partial charge in [-0.1, -0.05) is 31.2 Å². The van der Waals surface area contributed by atoms with Crippen molar-refractivity contribution in [3.8, 4) is 0 Å². The highest BCUT2D eigenvalue weighted by molar-refractivity contribution is 5.84. The molecule has 0 aliphatic rings. The average molecular weight is 245 g/mol. The monoisotopic (exact) mass is 245 g/mol. The lowest BCUT2D eigenvalue weighted by molar-refractivity contribution is 0.0663. The van der Waals surface area contributed by atoms with E-state index < -0.39 is 5.97 Å². The minimum Gasteiger partial charge on any atom is -0.475 e. The Hall–Kier alpha value is -2.23. The molecular formula is C14H15NO3. The molecule has 0 aliphatic carbocycles. The van der Waals surface area contributed by atoms with Crippen LogP contribution in [0.4, 0.5) is 5.88 Å². The minimum absolute atomic E-state index is 0.0566. The molecule has 0 saturated heterocycles. The Morgan fingerprint density at radius 2 is 1.83 bits per heavy atom. The lowest BCUT2D eigenvalue weighted by Gasteiger charge is -2.04. The number of anilines is 1. The number of carboxylic acid groups (broad SMARTS) is 1. The van der Waals surface area contributed by atoms with Crippen LogP contribution >= 0.6 is 0 Å². The molecule has 4 nitrogen and oxygen atoms in total. The number of carbonyl (C=O) groups is 1. The van der Waals surface area contributed by atoms with Crippen molar-refractivity contribution in [2.75, 3.05) is 5.32 Å². The SMILES string of the molecule is CCc1ccc(CNc2ccc(C(=O)O)o2)cc1. The van der Waals surface area contributed by atoms with Crippen molar-refractivity contribution in [1.82, 2.24) is 0 Å². The zero-order chi connectivity index (χ0) is 13.0. The molecule has 0 unspecified atom stereocenters. The summed E-state index contributed by atoms with van der Waals surface area (Å²) in [5.74, 6) is -0.652. The fourth-order valence-corrected chi connectivity index (χ4v) is 1.63. The van der Waals surface area contributed by atoms with Gasteiger partial charge in [0.25, 0.3) is 0 Å². The van der Waals surface area contributed by atoms with E-state index in [1.165, 1.54) is 11.6 Å². The van der Waals surface area contributed by atoms with Crippen LogP contribution in [-0.2, 0) is 13.0 Å². The second-order valence-corrected chi connectivity index (χ2v) is 3.99. The van der Waals surface area contributed by atoms with Crippen molar-refractivity contribution >= 4 is 11.9 Å². The van der Waals surface area contributed by atoms with Crippen molar-refractivity contribution in [3.05, 3.63) is 53.3 Å². The summed E-state index contributed by atoms with van der Waals surface area (Å²) in [5.41, 5.74) is 2.42. The molecule has 0 aliphatic heterocycles. The summed E-state index contributed by atoms with van der Waals surface area (Å²) in [6.07, 6.45) is 1.02. The van der Waals surface area contributed by atoms with Gasteiger partial charge in [-0.15, -0.1) is 0 Å². The van der Waals surface area contributed by atoms with E-state index in [2.05, 4.69) is 24.4 Å². The topological polar surface area (TPSA) is 62.5 Å². The number of rotatable bonds is 5. The van der Waals surface area contributed by atoms with E-state index in [1.54, 1.807) is 6.07 Å². The van der Waals surface area contributed by atoms with Crippen LogP contribution in [0.5, 0.6) is 0 Å². The number of aromatic carboxylic acids is 1. The number of hydrogen-bond acceptors (Lipinski definition) is 3. The number of aryl methyl sites for hydroxylation is 1. The lowest BCUT2D eigenvalue weighted by atomic mass is 10.1. The Bertz CT molecular complexity index is 528. The highest BCUT2D eigenvalue weighted by atomic mass is 16.4. The smallest absolute Gasteiger partial charge is 0.371 e. The van der Waals surface area contributed by atoms with Gasteiger partial charge in [0.15, 0.2) is 5.88 Å². The van der Waals surface area contributed by atoms with Crippen LogP contribution in [0.1, 0.15) is 28.6 Å². The maximum Gasteiger partial charge on any atom is 0.371 e. The first-order valence-corrected chi connectivity index (χ1v) is 5.84. The average Bonchev–Trinajstić information content (AvgIpc) is 2.86. The van der Waals surface area contributed by atoms with Crippen molar-refractivity contribution in [1.29, 1.82) is 0 Å². The van der Waals surface area contributed by atoms with Gasteiger partial charge in [0, 0.05) is 12.6 Å². The van der Waals surface area contributed by atoms with Gasteiger partial charge in [-0.2, -0.15) is 0 Å². The first-order valence-electron chi connectivity index (χ1n) is 5.84. The van der Waals surface area contributed by atoms with E-state index >= 15 is 0 Å². The van der Waals surface area contributed by atoms with Gasteiger partial charge < -0.3 is 14.8 Å². The molecule has 94 valence electrons. The highest BCUT2D eigenvalue weighted by Gasteiger charge is 2.08. The molecule has 1 heterocycles. The fraction of sp³-hybridized carbons (Fsp3) is 0.214. The van der Waals surface area contributed by atoms with Crippen LogP contribution in [0.2, 0.25) is 0 Å². The number of nitrogens with one attached hydrogen (secondary N) is 1. The predicted molar refractivity (Wildman–Crippen MR) is 68.8 cm³/mol. The van der Waals surface area contributed by atoms with E-state index in [0.29, 0.717) is 12.4 Å². The summed E-state index contributed by atoms with van der Waals surface area (Å²) >= 11 is 0. The molecule has 0 radical (unpaired) electrons. The molecule has 1 aromatic heterocycles. The van der Waals surface area contributed by atoms with E-state index in [4.69, 9.17) is 9.52 Å². The van der Waals surface area contributed by atoms with Crippen molar-refractivity contribution in [3.63, 3.8) is 0 Å². The molecule has 0 spiro atoms. The Labute approximate surface area is 105 Å². The summed E-state index contributed by atoms with van der Waals surface area (Å²) < 4.78 is 5.10. The maximum absolute atomic E-state index is 10.6. The van der Waals surface area contributed by atoms with Gasteiger partial charge in [-0.25, -0.2) is 4.79 Å². The molecule has 4 heteroatoms. The molecule has 1 aromatic carbocycles. The first kappa shape index (κ1) is 12.2. The molecule has 0 saturated carbocycles. The molecule has 2 rings (SSSR count). The Kier molecular flexibility index (Phi) is 3.67. The van der Waals surface area contributed by atoms with Crippen LogP contribution in [0.15, 0.2) is 40.8 Å². The molecule has 0 atom stereocenters. The third kappa shape index (κ3) is 2.91. The van der Waals surface area contributed by atoms with Crippen molar-refractivity contribution < 1.29 is 14.3 Å². The quantitative estimate of drug-likeness (QED) is 0.849. The van der Waals surface area contributed by atoms with Crippen LogP contribution in [0.3, 0.4) is 0 Å². The summed E-state index contributed by atoms with van der Waals surface area (Å²) in [6.45, 7) is 2.72. The molecule has 0 amide bonds. The normalized spacial score (nSPS) is 10.3. The third-order valence-corrected chi connectivity index (χ3v) is 2.71. The van der Waals surface area contributed by atoms with E-state index in [-0.39, 0.29) is 5.76 Å². The largest absolute Gasteiger partial charge is 0.475 e. The minimum atomic E-state index is -1.06. The fourth-order valence-electron chi connectivity index (χ4n) is 1.63. The zero-order valence-corrected chi connectivity index (χ0v) is 10.1. The number of carboxylic acids is 1. The van der Waals surface area contributed by atoms with Crippen LogP contribution in [0, 0.1) is 0 Å². The van der Waals surface area contributed by atoms with Gasteiger partial charge in [-0.05, 0) is 23.6 Å². The van der Waals surface area contributed by atoms with Gasteiger partial charge in [-0.3, -0.25) is 0 Å². The molecular weight excluding hydrogens is 230 g/mol. The van der Waals surface area contributed by atoms with Gasteiger partial charge >= 0.3 is 5.97 Å². The standard InChI is InChI=1S/C14H15NO3/c1-2-10-3-5-11(6-4-10)9-15-13-8-7-12(18-13)14(16)17/h3-8,15H,2,9H2,1H3,(H,16,17). The third-order valence-electron chi connectivity index (χ3n) is 2.71. The van der Waals surface area contributed by atoms with Crippen LogP contribution < -0.4 is 5.32 Å². The van der Waals surface area contributed by atoms with Crippen LogP contribution in [-0.4, -0.2) is 11.1 Å². The predicted octanol–water partition coefficient (Wildman–Crippen LogP) is 3.15. The van der Waals surface area contributed by atoms with Gasteiger partial charge in [0.1, 0.15) is 0 Å². The highest BCUT2D eigenvalue weighted by Crippen LogP contribution is 2.14. The maximum atomic E-state index is 10.6. The van der Waals surface area contributed by atoms with E-state index in [1.807, 2.05) is 12.1 Å². The molecule has 0 fully saturated rings. The molecule has 2 N–H and O–H groups in total. The van der Waals surface area contributed by atoms with Crippen molar-refractivity contribution in [2.24, 2.45) is 0 Å². The van der Waals surface area contributed by atoms with Gasteiger partial charge in [0.05, 0.1) is 0 Å². The van der Waals surface area contributed by atoms with Crippen LogP contribution in [0.25, 0.3) is 0 Å². The molecule has 0 bridgehead atoms. The summed E-state index contributed by atoms with van der Waals surface area (Å²) in [4.78, 5) is 10.6. The first-order chi connectivity index (χ1) is 8.69. The summed E-state index contributed by atoms with van der Waals surface area (Å²) in [6, 6.07) is 11.3. The summed E-state index contributed by atoms with van der Waals surface area (Å²) in [7, 11) is 0. The Balaban J connectivity index is 1.95. The second-order valence-electron chi connectivity index (χ2n) is 3.99.